The Bertz CT molecular complexity index is 1240. The third kappa shape index (κ3) is 10.1. The highest BCUT2D eigenvalue weighted by Gasteiger charge is 2.06. The standard InChI is InChI=1S/C40H52N2/c1-3-35-27-31(15-21-37(35)29-33-17-23-39(41)24-18-33)13-11-9-7-5-6-8-10-12-14-32-16-22-38(36(4-2)28-32)30-34-19-25-40(42)26-20-34/h15-28H,3-14,29-30,41-42H2,1-2H3. The fraction of sp³-hybridized carbons (Fsp3) is 0.400. The lowest BCUT2D eigenvalue weighted by Gasteiger charge is -2.12. The molecule has 4 N–H and O–H groups in total. The summed E-state index contributed by atoms with van der Waals surface area (Å²) in [5.74, 6) is 0. The molecule has 0 bridgehead atoms. The van der Waals surface area contributed by atoms with E-state index in [9.17, 15) is 0 Å². The maximum atomic E-state index is 5.85. The van der Waals surface area contributed by atoms with Crippen molar-refractivity contribution in [3.8, 4) is 0 Å². The van der Waals surface area contributed by atoms with Crippen LogP contribution in [0.25, 0.3) is 0 Å². The van der Waals surface area contributed by atoms with E-state index < -0.39 is 0 Å². The second-order valence-electron chi connectivity index (χ2n) is 12.1. The first-order valence-electron chi connectivity index (χ1n) is 16.4. The van der Waals surface area contributed by atoms with E-state index in [4.69, 9.17) is 11.5 Å². The van der Waals surface area contributed by atoms with Gasteiger partial charge in [0.05, 0.1) is 0 Å². The average Bonchev–Trinajstić information content (AvgIpc) is 3.01. The minimum absolute atomic E-state index is 0.833. The first kappa shape index (κ1) is 31.4. The second kappa shape index (κ2) is 16.8. The molecule has 0 aromatic heterocycles. The molecule has 4 aromatic rings. The minimum atomic E-state index is 0.833. The molecule has 222 valence electrons. The predicted molar refractivity (Wildman–Crippen MR) is 183 cm³/mol. The molecule has 0 amide bonds. The van der Waals surface area contributed by atoms with E-state index in [2.05, 4.69) is 74.5 Å². The van der Waals surface area contributed by atoms with Crippen LogP contribution in [0.3, 0.4) is 0 Å². The summed E-state index contributed by atoms with van der Waals surface area (Å²) in [6, 6.07) is 30.9. The quantitative estimate of drug-likeness (QED) is 0.0997. The molecule has 0 atom stereocenters. The Morgan fingerprint density at radius 1 is 0.381 bits per heavy atom. The van der Waals surface area contributed by atoms with Gasteiger partial charge >= 0.3 is 0 Å². The second-order valence-corrected chi connectivity index (χ2v) is 12.1. The van der Waals surface area contributed by atoms with Gasteiger partial charge in [-0.3, -0.25) is 0 Å². The normalized spacial score (nSPS) is 11.2. The number of nitrogens with two attached hydrogens (primary N) is 2. The Morgan fingerprint density at radius 3 is 1.07 bits per heavy atom. The zero-order chi connectivity index (χ0) is 29.6. The molecular weight excluding hydrogens is 508 g/mol. The van der Waals surface area contributed by atoms with Crippen LogP contribution in [0.1, 0.15) is 110 Å². The molecule has 42 heavy (non-hydrogen) atoms. The number of nitrogen functional groups attached to an aromatic ring is 2. The molecule has 2 nitrogen and oxygen atoms in total. The van der Waals surface area contributed by atoms with Gasteiger partial charge in [0.1, 0.15) is 0 Å². The topological polar surface area (TPSA) is 52.0 Å². The highest BCUT2D eigenvalue weighted by molar-refractivity contribution is 5.43. The zero-order valence-corrected chi connectivity index (χ0v) is 26.1. The van der Waals surface area contributed by atoms with Crippen LogP contribution in [0.15, 0.2) is 84.9 Å². The summed E-state index contributed by atoms with van der Waals surface area (Å²) in [5, 5.41) is 0. The summed E-state index contributed by atoms with van der Waals surface area (Å²) >= 11 is 0. The van der Waals surface area contributed by atoms with E-state index in [-0.39, 0.29) is 0 Å². The molecule has 4 rings (SSSR count). The van der Waals surface area contributed by atoms with Crippen LogP contribution in [-0.4, -0.2) is 0 Å². The Hall–Kier alpha value is -3.52. The van der Waals surface area contributed by atoms with Crippen molar-refractivity contribution in [3.63, 3.8) is 0 Å². The van der Waals surface area contributed by atoms with Crippen molar-refractivity contribution in [2.24, 2.45) is 0 Å². The molecule has 0 spiro atoms. The van der Waals surface area contributed by atoms with Crippen LogP contribution < -0.4 is 11.5 Å². The number of unbranched alkanes of at least 4 members (excludes halogenated alkanes) is 7. The van der Waals surface area contributed by atoms with Crippen LogP contribution in [0.4, 0.5) is 11.4 Å². The Balaban J connectivity index is 1.08. The van der Waals surface area contributed by atoms with Gasteiger partial charge in [-0.05, 0) is 120 Å². The first-order valence-corrected chi connectivity index (χ1v) is 16.4. The molecular formula is C40H52N2. The molecule has 0 unspecified atom stereocenters. The van der Waals surface area contributed by atoms with Crippen molar-refractivity contribution in [1.29, 1.82) is 0 Å². The van der Waals surface area contributed by atoms with Crippen LogP contribution >= 0.6 is 0 Å². The van der Waals surface area contributed by atoms with Gasteiger partial charge < -0.3 is 11.5 Å². The molecule has 0 fully saturated rings. The maximum absolute atomic E-state index is 5.85. The average molecular weight is 561 g/mol. The molecule has 2 heteroatoms. The highest BCUT2D eigenvalue weighted by atomic mass is 14.5. The summed E-state index contributed by atoms with van der Waals surface area (Å²) in [5.41, 5.74) is 24.9. The van der Waals surface area contributed by atoms with E-state index >= 15 is 0 Å². The summed E-state index contributed by atoms with van der Waals surface area (Å²) in [4.78, 5) is 0. The lowest BCUT2D eigenvalue weighted by atomic mass is 9.94. The lowest BCUT2D eigenvalue weighted by molar-refractivity contribution is 0.567. The van der Waals surface area contributed by atoms with Crippen molar-refractivity contribution < 1.29 is 0 Å². The van der Waals surface area contributed by atoms with Crippen molar-refractivity contribution in [1.82, 2.24) is 0 Å². The molecule has 0 heterocycles. The monoisotopic (exact) mass is 560 g/mol. The largest absolute Gasteiger partial charge is 0.399 e. The third-order valence-corrected chi connectivity index (χ3v) is 8.73. The summed E-state index contributed by atoms with van der Waals surface area (Å²) < 4.78 is 0. The first-order chi connectivity index (χ1) is 20.5. The Kier molecular flexibility index (Phi) is 12.6. The lowest BCUT2D eigenvalue weighted by Crippen LogP contribution is -1.98. The minimum Gasteiger partial charge on any atom is -0.399 e. The van der Waals surface area contributed by atoms with Gasteiger partial charge in [0.2, 0.25) is 0 Å². The van der Waals surface area contributed by atoms with Gasteiger partial charge in [-0.2, -0.15) is 0 Å². The van der Waals surface area contributed by atoms with Gasteiger partial charge in [-0.1, -0.05) is 113 Å². The number of rotatable bonds is 17. The number of benzene rings is 4. The molecule has 4 aromatic carbocycles. The van der Waals surface area contributed by atoms with E-state index in [0.717, 1.165) is 37.1 Å². The molecule has 0 aliphatic carbocycles. The third-order valence-electron chi connectivity index (χ3n) is 8.73. The van der Waals surface area contributed by atoms with Crippen LogP contribution in [0.5, 0.6) is 0 Å². The van der Waals surface area contributed by atoms with Crippen molar-refractivity contribution >= 4 is 11.4 Å². The molecule has 0 aliphatic rings. The fourth-order valence-electron chi connectivity index (χ4n) is 6.10. The van der Waals surface area contributed by atoms with Gasteiger partial charge in [0, 0.05) is 11.4 Å². The maximum Gasteiger partial charge on any atom is 0.0314 e. The van der Waals surface area contributed by atoms with E-state index in [0.29, 0.717) is 0 Å². The van der Waals surface area contributed by atoms with Gasteiger partial charge in [-0.15, -0.1) is 0 Å². The van der Waals surface area contributed by atoms with Crippen molar-refractivity contribution in [3.05, 3.63) is 129 Å². The fourth-order valence-corrected chi connectivity index (χ4v) is 6.10. The van der Waals surface area contributed by atoms with Crippen LogP contribution in [0.2, 0.25) is 0 Å². The van der Waals surface area contributed by atoms with Gasteiger partial charge in [-0.25, -0.2) is 0 Å². The number of anilines is 2. The summed E-state index contributed by atoms with van der Waals surface area (Å²) in [6.45, 7) is 4.54. The SMILES string of the molecule is CCc1cc(CCCCCCCCCCc2ccc(Cc3ccc(N)cc3)c(CC)c2)ccc1Cc1ccc(N)cc1. The van der Waals surface area contributed by atoms with Crippen molar-refractivity contribution in [2.75, 3.05) is 11.5 Å². The molecule has 0 saturated carbocycles. The summed E-state index contributed by atoms with van der Waals surface area (Å²) in [6.07, 6.45) is 17.3. The molecule has 0 radical (unpaired) electrons. The number of hydrogen-bond acceptors (Lipinski definition) is 2. The van der Waals surface area contributed by atoms with Crippen molar-refractivity contribution in [2.45, 2.75) is 104 Å². The van der Waals surface area contributed by atoms with Gasteiger partial charge in [0.25, 0.3) is 0 Å². The number of aryl methyl sites for hydroxylation is 4. The summed E-state index contributed by atoms with van der Waals surface area (Å²) in [7, 11) is 0. The zero-order valence-electron chi connectivity index (χ0n) is 26.1. The molecule has 0 aliphatic heterocycles. The Labute approximate surface area is 255 Å². The van der Waals surface area contributed by atoms with Gasteiger partial charge in [0.15, 0.2) is 0 Å². The molecule has 0 saturated heterocycles. The predicted octanol–water partition coefficient (Wildman–Crippen LogP) is 10.1. The van der Waals surface area contributed by atoms with Crippen LogP contribution in [-0.2, 0) is 38.5 Å². The van der Waals surface area contributed by atoms with E-state index in [1.54, 1.807) is 0 Å². The van der Waals surface area contributed by atoms with E-state index in [1.807, 2.05) is 24.3 Å². The Morgan fingerprint density at radius 2 is 0.714 bits per heavy atom. The highest BCUT2D eigenvalue weighted by Crippen LogP contribution is 2.22. The smallest absolute Gasteiger partial charge is 0.0314 e. The van der Waals surface area contributed by atoms with E-state index in [1.165, 1.54) is 109 Å². The number of hydrogen-bond donors (Lipinski definition) is 2. The van der Waals surface area contributed by atoms with Crippen LogP contribution in [0, 0.1) is 0 Å².